The number of carbonyl (C=O) groups excluding carboxylic acids is 1. The number of aromatic nitrogens is 3. The monoisotopic (exact) mass is 319 g/mol. The Labute approximate surface area is 131 Å². The van der Waals surface area contributed by atoms with Gasteiger partial charge in [0.2, 0.25) is 0 Å². The van der Waals surface area contributed by atoms with E-state index >= 15 is 0 Å². The van der Waals surface area contributed by atoms with E-state index in [0.717, 1.165) is 19.4 Å². The van der Waals surface area contributed by atoms with Crippen LogP contribution in [0.4, 0.5) is 0 Å². The molecule has 0 radical (unpaired) electrons. The van der Waals surface area contributed by atoms with Crippen molar-refractivity contribution in [3.05, 3.63) is 46.4 Å². The highest BCUT2D eigenvalue weighted by Gasteiger charge is 2.20. The molecule has 3 rings (SSSR count). The zero-order valence-corrected chi connectivity index (χ0v) is 12.8. The summed E-state index contributed by atoms with van der Waals surface area (Å²) in [6.45, 7) is 1.23. The second kappa shape index (κ2) is 6.93. The van der Waals surface area contributed by atoms with Gasteiger partial charge in [-0.25, -0.2) is 9.89 Å². The first-order valence-electron chi connectivity index (χ1n) is 7.22. The standard InChI is InChI=1S/C15H17N3O3S/c19-13(11-5-2-1-3-6-11)10-22-15-17-16-14(20)18(15)9-12-7-4-8-21-12/h1-3,5-6,12H,4,7-10H2,(H,16,20)/t12-/m0/s1. The second-order valence-corrected chi connectivity index (χ2v) is 6.08. The van der Waals surface area contributed by atoms with Gasteiger partial charge < -0.3 is 4.74 Å². The maximum atomic E-state index is 12.1. The number of aromatic amines is 1. The van der Waals surface area contributed by atoms with Crippen LogP contribution in [-0.2, 0) is 11.3 Å². The van der Waals surface area contributed by atoms with Gasteiger partial charge in [-0.1, -0.05) is 42.1 Å². The van der Waals surface area contributed by atoms with Crippen molar-refractivity contribution in [3.8, 4) is 0 Å². The normalized spacial score (nSPS) is 17.7. The predicted octanol–water partition coefficient (Wildman–Crippen LogP) is 1.73. The highest BCUT2D eigenvalue weighted by Crippen LogP contribution is 2.19. The van der Waals surface area contributed by atoms with E-state index in [1.54, 1.807) is 16.7 Å². The first kappa shape index (κ1) is 15.1. The van der Waals surface area contributed by atoms with Crippen molar-refractivity contribution in [2.24, 2.45) is 0 Å². The fourth-order valence-electron chi connectivity index (χ4n) is 2.40. The maximum absolute atomic E-state index is 12.1. The molecule has 22 heavy (non-hydrogen) atoms. The van der Waals surface area contributed by atoms with E-state index in [-0.39, 0.29) is 23.3 Å². The van der Waals surface area contributed by atoms with Crippen LogP contribution < -0.4 is 5.69 Å². The van der Waals surface area contributed by atoms with Crippen LogP contribution in [0.25, 0.3) is 0 Å². The average Bonchev–Trinajstić information content (AvgIpc) is 3.18. The van der Waals surface area contributed by atoms with Crippen LogP contribution >= 0.6 is 11.8 Å². The summed E-state index contributed by atoms with van der Waals surface area (Å²) < 4.78 is 7.11. The molecule has 7 heteroatoms. The molecule has 1 aliphatic heterocycles. The van der Waals surface area contributed by atoms with E-state index in [9.17, 15) is 9.59 Å². The Hall–Kier alpha value is -1.86. The second-order valence-electron chi connectivity index (χ2n) is 5.13. The Morgan fingerprint density at radius 3 is 2.95 bits per heavy atom. The number of ether oxygens (including phenoxy) is 1. The highest BCUT2D eigenvalue weighted by atomic mass is 32.2. The van der Waals surface area contributed by atoms with Gasteiger partial charge in [0, 0.05) is 12.2 Å². The number of nitrogens with zero attached hydrogens (tertiary/aromatic N) is 2. The number of ketones is 1. The molecule has 0 saturated carbocycles. The molecule has 2 heterocycles. The number of hydrogen-bond donors (Lipinski definition) is 1. The molecule has 0 aliphatic carbocycles. The summed E-state index contributed by atoms with van der Waals surface area (Å²) in [5, 5.41) is 6.98. The van der Waals surface area contributed by atoms with Crippen molar-refractivity contribution in [1.82, 2.24) is 14.8 Å². The SMILES string of the molecule is O=C(CSc1n[nH]c(=O)n1C[C@@H]1CCCO1)c1ccccc1. The zero-order valence-electron chi connectivity index (χ0n) is 12.0. The van der Waals surface area contributed by atoms with Gasteiger partial charge in [-0.15, -0.1) is 5.10 Å². The summed E-state index contributed by atoms with van der Waals surface area (Å²) in [5.41, 5.74) is 0.406. The largest absolute Gasteiger partial charge is 0.376 e. The lowest BCUT2D eigenvalue weighted by atomic mass is 10.2. The summed E-state index contributed by atoms with van der Waals surface area (Å²) in [6.07, 6.45) is 2.02. The van der Waals surface area contributed by atoms with E-state index in [2.05, 4.69) is 10.2 Å². The van der Waals surface area contributed by atoms with Gasteiger partial charge in [0.05, 0.1) is 18.4 Å². The average molecular weight is 319 g/mol. The van der Waals surface area contributed by atoms with E-state index < -0.39 is 0 Å². The fraction of sp³-hybridized carbons (Fsp3) is 0.400. The van der Waals surface area contributed by atoms with Gasteiger partial charge in [0.1, 0.15) is 0 Å². The third kappa shape index (κ3) is 3.48. The Kier molecular flexibility index (Phi) is 4.74. The minimum atomic E-state index is -0.259. The molecule has 1 saturated heterocycles. The van der Waals surface area contributed by atoms with Crippen molar-refractivity contribution < 1.29 is 9.53 Å². The molecule has 1 aromatic carbocycles. The molecule has 0 bridgehead atoms. The Morgan fingerprint density at radius 2 is 2.23 bits per heavy atom. The Balaban J connectivity index is 1.65. The fourth-order valence-corrected chi connectivity index (χ4v) is 3.25. The van der Waals surface area contributed by atoms with Gasteiger partial charge in [0.15, 0.2) is 10.9 Å². The molecule has 1 N–H and O–H groups in total. The van der Waals surface area contributed by atoms with Crippen LogP contribution in [-0.4, -0.2) is 39.0 Å². The number of carbonyl (C=O) groups is 1. The molecule has 6 nitrogen and oxygen atoms in total. The quantitative estimate of drug-likeness (QED) is 0.648. The van der Waals surface area contributed by atoms with Crippen LogP contribution in [0.1, 0.15) is 23.2 Å². The van der Waals surface area contributed by atoms with Crippen LogP contribution in [0.3, 0.4) is 0 Å². The van der Waals surface area contributed by atoms with Gasteiger partial charge in [-0.3, -0.25) is 9.36 Å². The molecule has 0 amide bonds. The van der Waals surface area contributed by atoms with Gasteiger partial charge in [0.25, 0.3) is 0 Å². The van der Waals surface area contributed by atoms with Gasteiger partial charge >= 0.3 is 5.69 Å². The predicted molar refractivity (Wildman–Crippen MR) is 83.3 cm³/mol. The van der Waals surface area contributed by atoms with E-state index in [0.29, 0.717) is 17.3 Å². The molecular formula is C15H17N3O3S. The first-order chi connectivity index (χ1) is 10.7. The van der Waals surface area contributed by atoms with Crippen molar-refractivity contribution in [2.75, 3.05) is 12.4 Å². The maximum Gasteiger partial charge on any atom is 0.344 e. The van der Waals surface area contributed by atoms with Crippen molar-refractivity contribution in [1.29, 1.82) is 0 Å². The number of H-pyrrole nitrogens is 1. The summed E-state index contributed by atoms with van der Waals surface area (Å²) in [6, 6.07) is 9.11. The van der Waals surface area contributed by atoms with E-state index in [4.69, 9.17) is 4.74 Å². The summed E-state index contributed by atoms with van der Waals surface area (Å²) in [5.74, 6) is 0.268. The molecular weight excluding hydrogens is 302 g/mol. The summed E-state index contributed by atoms with van der Waals surface area (Å²) in [7, 11) is 0. The molecule has 1 fully saturated rings. The lowest BCUT2D eigenvalue weighted by Crippen LogP contribution is -2.25. The minimum Gasteiger partial charge on any atom is -0.376 e. The van der Waals surface area contributed by atoms with Crippen LogP contribution in [0.2, 0.25) is 0 Å². The number of nitrogens with one attached hydrogen (secondary N) is 1. The first-order valence-corrected chi connectivity index (χ1v) is 8.20. The van der Waals surface area contributed by atoms with E-state index in [1.807, 2.05) is 18.2 Å². The van der Waals surface area contributed by atoms with Crippen molar-refractivity contribution in [3.63, 3.8) is 0 Å². The highest BCUT2D eigenvalue weighted by molar-refractivity contribution is 7.99. The van der Waals surface area contributed by atoms with Crippen molar-refractivity contribution >= 4 is 17.5 Å². The lowest BCUT2D eigenvalue weighted by Gasteiger charge is -2.10. The Morgan fingerprint density at radius 1 is 1.41 bits per heavy atom. The minimum absolute atomic E-state index is 0.0183. The molecule has 2 aromatic rings. The Bertz CT molecular complexity index is 690. The van der Waals surface area contributed by atoms with Gasteiger partial charge in [-0.2, -0.15) is 0 Å². The van der Waals surface area contributed by atoms with Crippen LogP contribution in [0.5, 0.6) is 0 Å². The van der Waals surface area contributed by atoms with Crippen LogP contribution in [0, 0.1) is 0 Å². The molecule has 116 valence electrons. The number of hydrogen-bond acceptors (Lipinski definition) is 5. The van der Waals surface area contributed by atoms with Gasteiger partial charge in [-0.05, 0) is 12.8 Å². The van der Waals surface area contributed by atoms with E-state index in [1.165, 1.54) is 11.8 Å². The third-order valence-corrected chi connectivity index (χ3v) is 4.54. The summed E-state index contributed by atoms with van der Waals surface area (Å²) in [4.78, 5) is 23.9. The number of thioether (sulfide) groups is 1. The number of rotatable bonds is 6. The van der Waals surface area contributed by atoms with Crippen molar-refractivity contribution in [2.45, 2.75) is 30.6 Å². The summed E-state index contributed by atoms with van der Waals surface area (Å²) >= 11 is 1.27. The number of benzene rings is 1. The molecule has 1 atom stereocenters. The third-order valence-electron chi connectivity index (χ3n) is 3.56. The topological polar surface area (TPSA) is 77.0 Å². The molecule has 1 aromatic heterocycles. The number of Topliss-reactive ketones (excluding diaryl/α,β-unsaturated/α-hetero) is 1. The molecule has 0 unspecified atom stereocenters. The molecule has 0 spiro atoms. The zero-order chi connectivity index (χ0) is 15.4. The smallest absolute Gasteiger partial charge is 0.344 e. The molecule has 1 aliphatic rings. The lowest BCUT2D eigenvalue weighted by molar-refractivity contribution is 0.0941. The van der Waals surface area contributed by atoms with Crippen LogP contribution in [0.15, 0.2) is 40.3 Å².